The van der Waals surface area contributed by atoms with E-state index in [-0.39, 0.29) is 22.4 Å². The van der Waals surface area contributed by atoms with Gasteiger partial charge in [0.2, 0.25) is 9.84 Å². The molecule has 0 aliphatic rings. The highest BCUT2D eigenvalue weighted by molar-refractivity contribution is 9.10. The number of nitrogens with zero attached hydrogens (tertiary/aromatic N) is 3. The molecule has 0 fully saturated rings. The average molecular weight is 557 g/mol. The molecule has 2 aromatic heterocycles. The van der Waals surface area contributed by atoms with E-state index in [0.29, 0.717) is 26.8 Å². The molecule has 0 saturated heterocycles. The Balaban J connectivity index is 1.75. The first kappa shape index (κ1) is 25.0. The SMILES string of the molecule is Cc1ccc(Br)c(S(=O)(=O)c2cnc3[nH]cc(-c4ccc(C(=O)N(C)C[C@@H](C)O)c(C)c4)c3n2)c1. The molecule has 8 nitrogen and oxygen atoms in total. The topological polar surface area (TPSA) is 116 Å². The number of benzene rings is 2. The molecule has 10 heteroatoms. The van der Waals surface area contributed by atoms with E-state index in [0.717, 1.165) is 16.7 Å². The summed E-state index contributed by atoms with van der Waals surface area (Å²) in [5.74, 6) is -0.189. The van der Waals surface area contributed by atoms with Gasteiger partial charge in [0.1, 0.15) is 5.52 Å². The third-order valence-corrected chi connectivity index (χ3v) is 8.28. The third kappa shape index (κ3) is 4.86. The summed E-state index contributed by atoms with van der Waals surface area (Å²) >= 11 is 3.33. The molecule has 1 amide bonds. The molecule has 0 saturated carbocycles. The van der Waals surface area contributed by atoms with Gasteiger partial charge in [0.05, 0.1) is 17.2 Å². The van der Waals surface area contributed by atoms with Crippen LogP contribution in [0.2, 0.25) is 0 Å². The van der Waals surface area contributed by atoms with Crippen molar-refractivity contribution in [3.05, 3.63) is 70.0 Å². The molecule has 0 radical (unpaired) electrons. The number of carbonyl (C=O) groups excluding carboxylic acids is 1. The number of fused-ring (bicyclic) bond motifs is 1. The van der Waals surface area contributed by atoms with Crippen molar-refractivity contribution >= 4 is 42.8 Å². The first-order chi connectivity index (χ1) is 16.5. The van der Waals surface area contributed by atoms with E-state index in [4.69, 9.17) is 0 Å². The van der Waals surface area contributed by atoms with Crippen molar-refractivity contribution < 1.29 is 18.3 Å². The molecule has 0 bridgehead atoms. The third-order valence-electron chi connectivity index (χ3n) is 5.66. The van der Waals surface area contributed by atoms with Crippen molar-refractivity contribution in [2.75, 3.05) is 13.6 Å². The van der Waals surface area contributed by atoms with Crippen LogP contribution >= 0.6 is 15.9 Å². The first-order valence-corrected chi connectivity index (χ1v) is 13.2. The predicted octanol–water partition coefficient (Wildman–Crippen LogP) is 4.29. The average Bonchev–Trinajstić information content (AvgIpc) is 3.23. The molecule has 2 aromatic carbocycles. The van der Waals surface area contributed by atoms with E-state index in [1.807, 2.05) is 26.0 Å². The molecule has 0 aliphatic carbocycles. The zero-order valence-electron chi connectivity index (χ0n) is 19.7. The summed E-state index contributed by atoms with van der Waals surface area (Å²) < 4.78 is 27.1. The van der Waals surface area contributed by atoms with Gasteiger partial charge in [0.15, 0.2) is 10.7 Å². The van der Waals surface area contributed by atoms with E-state index in [1.165, 1.54) is 11.1 Å². The quantitative estimate of drug-likeness (QED) is 0.366. The largest absolute Gasteiger partial charge is 0.392 e. The van der Waals surface area contributed by atoms with Crippen molar-refractivity contribution in [3.8, 4) is 11.1 Å². The number of aromatic amines is 1. The minimum atomic E-state index is -3.91. The summed E-state index contributed by atoms with van der Waals surface area (Å²) in [4.78, 5) is 26.2. The van der Waals surface area contributed by atoms with Gasteiger partial charge < -0.3 is 15.0 Å². The number of aryl methyl sites for hydroxylation is 2. The number of aliphatic hydroxyl groups excluding tert-OH is 1. The number of nitrogens with one attached hydrogen (secondary N) is 1. The Morgan fingerprint density at radius 3 is 2.63 bits per heavy atom. The number of likely N-dealkylation sites (N-methyl/N-ethyl adjacent to an activating group) is 1. The maximum Gasteiger partial charge on any atom is 0.253 e. The van der Waals surface area contributed by atoms with Crippen molar-refractivity contribution in [1.29, 1.82) is 0 Å². The first-order valence-electron chi connectivity index (χ1n) is 10.9. The lowest BCUT2D eigenvalue weighted by molar-refractivity contribution is 0.0703. The number of sulfone groups is 1. The monoisotopic (exact) mass is 556 g/mol. The van der Waals surface area contributed by atoms with Crippen LogP contribution in [0.3, 0.4) is 0 Å². The maximum atomic E-state index is 13.3. The predicted molar refractivity (Wildman–Crippen MR) is 137 cm³/mol. The van der Waals surface area contributed by atoms with Gasteiger partial charge >= 0.3 is 0 Å². The fraction of sp³-hybridized carbons (Fsp3) is 0.240. The minimum absolute atomic E-state index is 0.128. The van der Waals surface area contributed by atoms with Crippen LogP contribution in [0.15, 0.2) is 63.2 Å². The molecule has 182 valence electrons. The zero-order chi connectivity index (χ0) is 25.5. The summed E-state index contributed by atoms with van der Waals surface area (Å²) in [7, 11) is -2.27. The summed E-state index contributed by atoms with van der Waals surface area (Å²) in [6.45, 7) is 5.51. The lowest BCUT2D eigenvalue weighted by Crippen LogP contribution is -2.33. The number of H-pyrrole nitrogens is 1. The van der Waals surface area contributed by atoms with Gasteiger partial charge in [-0.3, -0.25) is 4.79 Å². The zero-order valence-corrected chi connectivity index (χ0v) is 22.1. The minimum Gasteiger partial charge on any atom is -0.392 e. The molecule has 4 rings (SSSR count). The Bertz CT molecular complexity index is 1550. The summed E-state index contributed by atoms with van der Waals surface area (Å²) in [5, 5.41) is 9.43. The lowest BCUT2D eigenvalue weighted by atomic mass is 10.0. The number of hydrogen-bond donors (Lipinski definition) is 2. The van der Waals surface area contributed by atoms with Gasteiger partial charge in [-0.1, -0.05) is 18.2 Å². The molecule has 4 aromatic rings. The maximum absolute atomic E-state index is 13.3. The van der Waals surface area contributed by atoms with Gasteiger partial charge in [-0.2, -0.15) is 0 Å². The Kier molecular flexibility index (Phi) is 6.81. The van der Waals surface area contributed by atoms with E-state index in [2.05, 4.69) is 30.9 Å². The van der Waals surface area contributed by atoms with Crippen LogP contribution in [0.25, 0.3) is 22.3 Å². The molecule has 1 atom stereocenters. The van der Waals surface area contributed by atoms with E-state index in [1.54, 1.807) is 44.4 Å². The van der Waals surface area contributed by atoms with Crippen LogP contribution < -0.4 is 0 Å². The second-order valence-electron chi connectivity index (χ2n) is 8.61. The molecular weight excluding hydrogens is 532 g/mol. The van der Waals surface area contributed by atoms with Crippen molar-refractivity contribution in [2.24, 2.45) is 0 Å². The van der Waals surface area contributed by atoms with Crippen LogP contribution in [0.5, 0.6) is 0 Å². The van der Waals surface area contributed by atoms with Crippen LogP contribution in [0.1, 0.15) is 28.4 Å². The molecule has 0 unspecified atom stereocenters. The van der Waals surface area contributed by atoms with Crippen molar-refractivity contribution in [2.45, 2.75) is 36.8 Å². The number of carbonyl (C=O) groups is 1. The van der Waals surface area contributed by atoms with E-state index < -0.39 is 15.9 Å². The number of aliphatic hydroxyl groups is 1. The van der Waals surface area contributed by atoms with Gasteiger partial charge in [0, 0.05) is 35.4 Å². The van der Waals surface area contributed by atoms with Crippen molar-refractivity contribution in [3.63, 3.8) is 0 Å². The smallest absolute Gasteiger partial charge is 0.253 e. The fourth-order valence-electron chi connectivity index (χ4n) is 3.91. The Labute approximate surface area is 212 Å². The highest BCUT2D eigenvalue weighted by atomic mass is 79.9. The molecule has 0 aliphatic heterocycles. The summed E-state index contributed by atoms with van der Waals surface area (Å²) in [5.41, 5.74) is 4.40. The number of rotatable bonds is 6. The number of aromatic nitrogens is 3. The number of amides is 1. The molecule has 0 spiro atoms. The highest BCUT2D eigenvalue weighted by Crippen LogP contribution is 2.32. The second kappa shape index (κ2) is 9.52. The van der Waals surface area contributed by atoms with Crippen LogP contribution in [0.4, 0.5) is 0 Å². The van der Waals surface area contributed by atoms with Crippen molar-refractivity contribution in [1.82, 2.24) is 19.9 Å². The normalized spacial score (nSPS) is 12.6. The Hall–Kier alpha value is -3.08. The molecular formula is C25H25BrN4O4S. The van der Waals surface area contributed by atoms with Crippen LogP contribution in [0, 0.1) is 13.8 Å². The standard InChI is InChI=1S/C25H25BrN4O4S/c1-14-5-8-20(26)21(9-14)35(33,34)22-12-28-24-23(29-22)19(11-27-24)17-6-7-18(15(2)10-17)25(32)30(4)13-16(3)31/h5-12,16,31H,13H2,1-4H3,(H,27,28)/t16-/m1/s1. The van der Waals surface area contributed by atoms with Gasteiger partial charge in [-0.25, -0.2) is 18.4 Å². The number of hydrogen-bond acceptors (Lipinski definition) is 6. The summed E-state index contributed by atoms with van der Waals surface area (Å²) in [6, 6.07) is 10.5. The summed E-state index contributed by atoms with van der Waals surface area (Å²) in [6.07, 6.45) is 2.34. The highest BCUT2D eigenvalue weighted by Gasteiger charge is 2.24. The fourth-order valence-corrected chi connectivity index (χ4v) is 6.09. The van der Waals surface area contributed by atoms with E-state index in [9.17, 15) is 18.3 Å². The van der Waals surface area contributed by atoms with Gasteiger partial charge in [0.25, 0.3) is 5.91 Å². The Morgan fingerprint density at radius 1 is 1.20 bits per heavy atom. The Morgan fingerprint density at radius 2 is 1.94 bits per heavy atom. The van der Waals surface area contributed by atoms with Crippen LogP contribution in [-0.4, -0.2) is 59.0 Å². The lowest BCUT2D eigenvalue weighted by Gasteiger charge is -2.20. The van der Waals surface area contributed by atoms with Crippen LogP contribution in [-0.2, 0) is 9.84 Å². The molecule has 2 N–H and O–H groups in total. The second-order valence-corrected chi connectivity index (χ2v) is 11.3. The number of halogens is 1. The molecule has 2 heterocycles. The van der Waals surface area contributed by atoms with Gasteiger partial charge in [-0.15, -0.1) is 0 Å². The van der Waals surface area contributed by atoms with Gasteiger partial charge in [-0.05, 0) is 71.6 Å². The van der Waals surface area contributed by atoms with E-state index >= 15 is 0 Å². The molecule has 35 heavy (non-hydrogen) atoms.